The highest BCUT2D eigenvalue weighted by Crippen LogP contribution is 2.30. The zero-order valence-electron chi connectivity index (χ0n) is 15.7. The molecule has 0 aliphatic heterocycles. The van der Waals surface area contributed by atoms with Crippen molar-refractivity contribution in [2.45, 2.75) is 73.6 Å². The Morgan fingerprint density at radius 2 is 1.36 bits per heavy atom. The molecule has 0 aromatic heterocycles. The number of hydrogen-bond donors (Lipinski definition) is 0. The van der Waals surface area contributed by atoms with E-state index >= 15 is 0 Å². The first kappa shape index (κ1) is 20.9. The first-order valence-corrected chi connectivity index (χ1v) is 8.42. The molecule has 0 aliphatic rings. The van der Waals surface area contributed by atoms with E-state index in [0.29, 0.717) is 18.0 Å². The molecule has 0 bridgehead atoms. The monoisotopic (exact) mass is 305 g/mol. The summed E-state index contributed by atoms with van der Waals surface area (Å²) in [6.07, 6.45) is 4.21. The third-order valence-electron chi connectivity index (χ3n) is 3.22. The van der Waals surface area contributed by atoms with Gasteiger partial charge in [-0.05, 0) is 53.0 Å². The van der Waals surface area contributed by atoms with Gasteiger partial charge in [0.15, 0.2) is 0 Å². The molecule has 0 amide bonds. The van der Waals surface area contributed by atoms with Gasteiger partial charge in [-0.3, -0.25) is 4.84 Å². The first-order chi connectivity index (χ1) is 10.3. The molecular weight excluding hydrogens is 270 g/mol. The van der Waals surface area contributed by atoms with Gasteiger partial charge in [0, 0.05) is 6.04 Å². The van der Waals surface area contributed by atoms with Gasteiger partial charge in [-0.2, -0.15) is 5.06 Å². The highest BCUT2D eigenvalue weighted by atomic mass is 16.7. The average molecular weight is 306 g/mol. The Kier molecular flexibility index (Phi) is 10.9. The van der Waals surface area contributed by atoms with Crippen molar-refractivity contribution in [3.05, 3.63) is 48.0 Å². The second kappa shape index (κ2) is 11.4. The highest BCUT2D eigenvalue weighted by molar-refractivity contribution is 5.19. The molecule has 0 heterocycles. The van der Waals surface area contributed by atoms with Gasteiger partial charge in [0.2, 0.25) is 0 Å². The van der Waals surface area contributed by atoms with E-state index in [-0.39, 0.29) is 6.10 Å². The number of nitrogens with zero attached hydrogens (tertiary/aromatic N) is 1. The van der Waals surface area contributed by atoms with E-state index in [2.05, 4.69) is 76.9 Å². The predicted molar refractivity (Wildman–Crippen MR) is 97.7 cm³/mol. The van der Waals surface area contributed by atoms with E-state index in [1.54, 1.807) is 0 Å². The van der Waals surface area contributed by atoms with Crippen molar-refractivity contribution in [3.8, 4) is 0 Å². The normalized spacial score (nSPS) is 13.1. The summed E-state index contributed by atoms with van der Waals surface area (Å²) in [7, 11) is 0. The van der Waals surface area contributed by atoms with E-state index in [1.807, 2.05) is 26.0 Å². The Balaban J connectivity index is 0.000000980. The summed E-state index contributed by atoms with van der Waals surface area (Å²) in [5.74, 6) is 0.508. The summed E-state index contributed by atoms with van der Waals surface area (Å²) in [6, 6.07) is 11.3. The Bertz CT molecular complexity index is 391. The van der Waals surface area contributed by atoms with Gasteiger partial charge in [0.25, 0.3) is 0 Å². The summed E-state index contributed by atoms with van der Waals surface area (Å²) in [4.78, 5) is 6.02. The zero-order chi connectivity index (χ0) is 17.1. The molecule has 0 fully saturated rings. The molecule has 2 heteroatoms. The molecule has 0 N–H and O–H groups in total. The van der Waals surface area contributed by atoms with Crippen LogP contribution in [0.2, 0.25) is 0 Å². The smallest absolute Gasteiger partial charge is 0.0737 e. The van der Waals surface area contributed by atoms with E-state index in [1.165, 1.54) is 5.56 Å². The van der Waals surface area contributed by atoms with Gasteiger partial charge in [0.05, 0.1) is 12.1 Å². The molecule has 2 nitrogen and oxygen atoms in total. The summed E-state index contributed by atoms with van der Waals surface area (Å²) < 4.78 is 0. The highest BCUT2D eigenvalue weighted by Gasteiger charge is 2.27. The SMILES string of the molecule is C/C=C\C.CC(C)ON(C(C)C)C(c1ccccc1)C(C)C. The van der Waals surface area contributed by atoms with Gasteiger partial charge in [-0.15, -0.1) is 0 Å². The van der Waals surface area contributed by atoms with Crippen LogP contribution in [-0.4, -0.2) is 17.2 Å². The van der Waals surface area contributed by atoms with Gasteiger partial charge in [-0.1, -0.05) is 56.3 Å². The third-order valence-corrected chi connectivity index (χ3v) is 3.22. The maximum Gasteiger partial charge on any atom is 0.0737 e. The zero-order valence-corrected chi connectivity index (χ0v) is 15.7. The fourth-order valence-corrected chi connectivity index (χ4v) is 2.23. The molecule has 1 aromatic carbocycles. The van der Waals surface area contributed by atoms with Crippen LogP contribution >= 0.6 is 0 Å². The van der Waals surface area contributed by atoms with E-state index in [9.17, 15) is 0 Å². The lowest BCUT2D eigenvalue weighted by atomic mass is 9.95. The Morgan fingerprint density at radius 1 is 0.864 bits per heavy atom. The molecule has 0 spiro atoms. The van der Waals surface area contributed by atoms with Crippen molar-refractivity contribution in [1.82, 2.24) is 5.06 Å². The van der Waals surface area contributed by atoms with Crippen molar-refractivity contribution in [3.63, 3.8) is 0 Å². The lowest BCUT2D eigenvalue weighted by Crippen LogP contribution is -2.39. The minimum atomic E-state index is 0.206. The van der Waals surface area contributed by atoms with E-state index in [0.717, 1.165) is 0 Å². The molecule has 0 saturated carbocycles. The van der Waals surface area contributed by atoms with Crippen LogP contribution < -0.4 is 0 Å². The van der Waals surface area contributed by atoms with E-state index in [4.69, 9.17) is 4.84 Å². The summed E-state index contributed by atoms with van der Waals surface area (Å²) in [5.41, 5.74) is 1.32. The van der Waals surface area contributed by atoms with Gasteiger partial charge in [0.1, 0.15) is 0 Å². The van der Waals surface area contributed by atoms with Crippen LogP contribution in [0.15, 0.2) is 42.5 Å². The molecule has 126 valence electrons. The number of rotatable bonds is 6. The summed E-state index contributed by atoms with van der Waals surface area (Å²) in [6.45, 7) is 17.0. The van der Waals surface area contributed by atoms with Crippen molar-refractivity contribution >= 4 is 0 Å². The number of hydroxylamine groups is 2. The quantitative estimate of drug-likeness (QED) is 0.471. The van der Waals surface area contributed by atoms with E-state index < -0.39 is 0 Å². The summed E-state index contributed by atoms with van der Waals surface area (Å²) >= 11 is 0. The van der Waals surface area contributed by atoms with Crippen LogP contribution in [0.4, 0.5) is 0 Å². The molecule has 1 aromatic rings. The number of hydrogen-bond acceptors (Lipinski definition) is 2. The molecule has 1 rings (SSSR count). The molecule has 0 saturated heterocycles. The van der Waals surface area contributed by atoms with Crippen LogP contribution in [-0.2, 0) is 4.84 Å². The average Bonchev–Trinajstić information content (AvgIpc) is 2.47. The fourth-order valence-electron chi connectivity index (χ4n) is 2.23. The van der Waals surface area contributed by atoms with Crippen molar-refractivity contribution in [2.24, 2.45) is 5.92 Å². The standard InChI is InChI=1S/C16H27NO.C4H8/c1-12(2)16(15-10-8-7-9-11-15)17(13(3)4)18-14(5)6;1-3-4-2/h7-14,16H,1-6H3;3-4H,1-2H3/b;4-3-. The van der Waals surface area contributed by atoms with Crippen molar-refractivity contribution in [1.29, 1.82) is 0 Å². The first-order valence-electron chi connectivity index (χ1n) is 8.42. The Hall–Kier alpha value is -1.12. The number of allylic oxidation sites excluding steroid dienone is 2. The molecule has 1 unspecified atom stereocenters. The lowest BCUT2D eigenvalue weighted by Gasteiger charge is -2.37. The fraction of sp³-hybridized carbons (Fsp3) is 0.600. The molecular formula is C20H35NO. The maximum atomic E-state index is 6.02. The Labute approximate surface area is 138 Å². The minimum absolute atomic E-state index is 0.206. The van der Waals surface area contributed by atoms with Crippen molar-refractivity contribution in [2.75, 3.05) is 0 Å². The van der Waals surface area contributed by atoms with Crippen molar-refractivity contribution < 1.29 is 4.84 Å². The van der Waals surface area contributed by atoms with Crippen LogP contribution in [0, 0.1) is 5.92 Å². The molecule has 1 atom stereocenters. The number of benzene rings is 1. The Morgan fingerprint density at radius 3 is 1.68 bits per heavy atom. The second-order valence-corrected chi connectivity index (χ2v) is 6.37. The molecule has 22 heavy (non-hydrogen) atoms. The van der Waals surface area contributed by atoms with Crippen LogP contribution in [0.3, 0.4) is 0 Å². The second-order valence-electron chi connectivity index (χ2n) is 6.37. The third kappa shape index (κ3) is 7.77. The maximum absolute atomic E-state index is 6.02. The summed E-state index contributed by atoms with van der Waals surface area (Å²) in [5, 5.41) is 2.14. The van der Waals surface area contributed by atoms with Gasteiger partial charge < -0.3 is 0 Å². The van der Waals surface area contributed by atoms with Gasteiger partial charge in [-0.25, -0.2) is 0 Å². The predicted octanol–water partition coefficient (Wildman–Crippen LogP) is 6.02. The van der Waals surface area contributed by atoms with Gasteiger partial charge >= 0.3 is 0 Å². The largest absolute Gasteiger partial charge is 0.295 e. The van der Waals surface area contributed by atoms with Crippen LogP contribution in [0.1, 0.15) is 67.0 Å². The lowest BCUT2D eigenvalue weighted by molar-refractivity contribution is -0.240. The topological polar surface area (TPSA) is 12.5 Å². The minimum Gasteiger partial charge on any atom is -0.295 e. The van der Waals surface area contributed by atoms with Crippen LogP contribution in [0.5, 0.6) is 0 Å². The molecule has 0 radical (unpaired) electrons. The van der Waals surface area contributed by atoms with Crippen LogP contribution in [0.25, 0.3) is 0 Å². The molecule has 0 aliphatic carbocycles.